The molecule has 1 heterocycles. The van der Waals surface area contributed by atoms with E-state index in [1.54, 1.807) is 24.3 Å². The third-order valence-corrected chi connectivity index (χ3v) is 4.19. The number of carboxylic acids is 1. The van der Waals surface area contributed by atoms with Gasteiger partial charge < -0.3 is 14.8 Å². The Bertz CT molecular complexity index is 733. The van der Waals surface area contributed by atoms with Crippen molar-refractivity contribution < 1.29 is 19.1 Å². The fraction of sp³-hybridized carbons (Fsp3) is 0.250. The molecule has 5 nitrogen and oxygen atoms in total. The van der Waals surface area contributed by atoms with E-state index in [2.05, 4.69) is 5.32 Å². The van der Waals surface area contributed by atoms with Gasteiger partial charge in [0, 0.05) is 12.1 Å². The van der Waals surface area contributed by atoms with Gasteiger partial charge in [0.05, 0.1) is 10.4 Å². The molecule has 0 aliphatic heterocycles. The molecule has 1 saturated carbocycles. The van der Waals surface area contributed by atoms with Crippen LogP contribution in [0.5, 0.6) is 0 Å². The largest absolute Gasteiger partial charge is 0.481 e. The number of carbonyl (C=O) groups is 2. The fourth-order valence-corrected chi connectivity index (χ4v) is 2.45. The molecule has 1 aromatic heterocycles. The van der Waals surface area contributed by atoms with Gasteiger partial charge in [0.15, 0.2) is 5.76 Å². The number of nitrogens with one attached hydrogen (secondary N) is 1. The predicted molar refractivity (Wildman–Crippen MR) is 80.8 cm³/mol. The Hall–Kier alpha value is -2.27. The molecule has 0 bridgehead atoms. The molecule has 1 aliphatic carbocycles. The minimum Gasteiger partial charge on any atom is -0.481 e. The van der Waals surface area contributed by atoms with Gasteiger partial charge in [0.1, 0.15) is 5.76 Å². The number of benzene rings is 1. The summed E-state index contributed by atoms with van der Waals surface area (Å²) in [4.78, 5) is 23.1. The zero-order valence-corrected chi connectivity index (χ0v) is 12.4. The maximum Gasteiger partial charge on any atom is 0.311 e. The molecule has 0 unspecified atom stereocenters. The second-order valence-corrected chi connectivity index (χ2v) is 5.82. The van der Waals surface area contributed by atoms with Crippen molar-refractivity contribution in [3.8, 4) is 11.3 Å². The molecule has 22 heavy (non-hydrogen) atoms. The molecule has 6 heteroatoms. The van der Waals surface area contributed by atoms with Gasteiger partial charge in [0.25, 0.3) is 5.91 Å². The van der Waals surface area contributed by atoms with Crippen LogP contribution in [-0.4, -0.2) is 23.5 Å². The molecular weight excluding hydrogens is 306 g/mol. The second kappa shape index (κ2) is 5.50. The SMILES string of the molecule is O=C(NCC1(C(=O)O)CC1)c1ccc(-c2ccccc2Cl)o1. The summed E-state index contributed by atoms with van der Waals surface area (Å²) in [7, 11) is 0. The number of hydrogen-bond acceptors (Lipinski definition) is 3. The topological polar surface area (TPSA) is 79.5 Å². The molecule has 1 fully saturated rings. The number of carboxylic acid groups (broad SMARTS) is 1. The van der Waals surface area contributed by atoms with Crippen molar-refractivity contribution in [2.45, 2.75) is 12.8 Å². The summed E-state index contributed by atoms with van der Waals surface area (Å²) >= 11 is 6.09. The third-order valence-electron chi connectivity index (χ3n) is 3.86. The molecule has 2 N–H and O–H groups in total. The summed E-state index contributed by atoms with van der Waals surface area (Å²) in [6, 6.07) is 10.4. The van der Waals surface area contributed by atoms with Crippen molar-refractivity contribution in [3.63, 3.8) is 0 Å². The average molecular weight is 320 g/mol. The molecular formula is C16H14ClNO4. The van der Waals surface area contributed by atoms with E-state index in [-0.39, 0.29) is 12.3 Å². The number of furan rings is 1. The number of halogens is 1. The van der Waals surface area contributed by atoms with E-state index in [0.29, 0.717) is 29.2 Å². The van der Waals surface area contributed by atoms with E-state index in [1.165, 1.54) is 0 Å². The molecule has 0 atom stereocenters. The zero-order valence-electron chi connectivity index (χ0n) is 11.6. The summed E-state index contributed by atoms with van der Waals surface area (Å²) in [6.07, 6.45) is 1.18. The van der Waals surface area contributed by atoms with E-state index < -0.39 is 17.3 Å². The molecule has 114 valence electrons. The highest BCUT2D eigenvalue weighted by molar-refractivity contribution is 6.33. The van der Waals surface area contributed by atoms with Crippen LogP contribution in [0, 0.1) is 5.41 Å². The van der Waals surface area contributed by atoms with Crippen molar-refractivity contribution in [1.29, 1.82) is 0 Å². The monoisotopic (exact) mass is 319 g/mol. The Labute approximate surface area is 131 Å². The zero-order chi connectivity index (χ0) is 15.7. The first kappa shape index (κ1) is 14.7. The Morgan fingerprint density at radius 2 is 1.95 bits per heavy atom. The van der Waals surface area contributed by atoms with Gasteiger partial charge in [-0.05, 0) is 37.1 Å². The van der Waals surface area contributed by atoms with Crippen LogP contribution in [0.4, 0.5) is 0 Å². The maximum atomic E-state index is 12.0. The van der Waals surface area contributed by atoms with Gasteiger partial charge in [-0.1, -0.05) is 23.7 Å². The number of hydrogen-bond donors (Lipinski definition) is 2. The van der Waals surface area contributed by atoms with Crippen LogP contribution in [0.3, 0.4) is 0 Å². The summed E-state index contributed by atoms with van der Waals surface area (Å²) < 4.78 is 5.51. The molecule has 0 radical (unpaired) electrons. The van der Waals surface area contributed by atoms with Crippen molar-refractivity contribution >= 4 is 23.5 Å². The van der Waals surface area contributed by atoms with Crippen molar-refractivity contribution in [2.75, 3.05) is 6.54 Å². The molecule has 1 aromatic carbocycles. The highest BCUT2D eigenvalue weighted by atomic mass is 35.5. The Balaban J connectivity index is 1.70. The minimum absolute atomic E-state index is 0.114. The third kappa shape index (κ3) is 2.72. The first-order valence-corrected chi connectivity index (χ1v) is 7.26. The fourth-order valence-electron chi connectivity index (χ4n) is 2.22. The first-order chi connectivity index (χ1) is 10.5. The molecule has 1 amide bonds. The summed E-state index contributed by atoms with van der Waals surface area (Å²) in [6.45, 7) is 0.114. The van der Waals surface area contributed by atoms with E-state index in [9.17, 15) is 9.59 Å². The Morgan fingerprint density at radius 3 is 2.59 bits per heavy atom. The number of carbonyl (C=O) groups excluding carboxylic acids is 1. The number of amides is 1. The standard InChI is InChI=1S/C16H14ClNO4/c17-11-4-2-1-3-10(11)12-5-6-13(22-12)14(19)18-9-16(7-8-16)15(20)21/h1-6H,7-9H2,(H,18,19)(H,20,21). The quantitative estimate of drug-likeness (QED) is 0.887. The van der Waals surface area contributed by atoms with Gasteiger partial charge in [0.2, 0.25) is 0 Å². The summed E-state index contributed by atoms with van der Waals surface area (Å²) in [5, 5.41) is 12.2. The number of aliphatic carboxylic acids is 1. The molecule has 0 spiro atoms. The minimum atomic E-state index is -0.871. The molecule has 3 rings (SSSR count). The van der Waals surface area contributed by atoms with E-state index in [4.69, 9.17) is 21.1 Å². The highest BCUT2D eigenvalue weighted by Gasteiger charge is 2.50. The smallest absolute Gasteiger partial charge is 0.311 e. The lowest BCUT2D eigenvalue weighted by molar-refractivity contribution is -0.143. The summed E-state index contributed by atoms with van der Waals surface area (Å²) in [5.41, 5.74) is -0.0965. The maximum absolute atomic E-state index is 12.0. The highest BCUT2D eigenvalue weighted by Crippen LogP contribution is 2.45. The molecule has 1 aliphatic rings. The van der Waals surface area contributed by atoms with Crippen molar-refractivity contribution in [1.82, 2.24) is 5.32 Å². The summed E-state index contributed by atoms with van der Waals surface area (Å²) in [5.74, 6) is -0.666. The average Bonchev–Trinajstić information content (AvgIpc) is 3.15. The normalized spacial score (nSPS) is 15.3. The van der Waals surface area contributed by atoms with Crippen LogP contribution in [0.2, 0.25) is 5.02 Å². The van der Waals surface area contributed by atoms with Gasteiger partial charge >= 0.3 is 5.97 Å². The lowest BCUT2D eigenvalue weighted by atomic mass is 10.1. The van der Waals surface area contributed by atoms with Crippen LogP contribution in [0.15, 0.2) is 40.8 Å². The second-order valence-electron chi connectivity index (χ2n) is 5.41. The van der Waals surface area contributed by atoms with Crippen molar-refractivity contribution in [2.24, 2.45) is 5.41 Å². The van der Waals surface area contributed by atoms with Gasteiger partial charge in [-0.2, -0.15) is 0 Å². The molecule has 2 aromatic rings. The lowest BCUT2D eigenvalue weighted by Gasteiger charge is -2.09. The number of rotatable bonds is 5. The van der Waals surface area contributed by atoms with E-state index in [0.717, 1.165) is 0 Å². The van der Waals surface area contributed by atoms with Crippen molar-refractivity contribution in [3.05, 3.63) is 47.2 Å². The van der Waals surface area contributed by atoms with Gasteiger partial charge in [-0.15, -0.1) is 0 Å². The van der Waals surface area contributed by atoms with Crippen LogP contribution >= 0.6 is 11.6 Å². The van der Waals surface area contributed by atoms with Gasteiger partial charge in [-0.25, -0.2) is 0 Å². The Kier molecular flexibility index (Phi) is 3.66. The van der Waals surface area contributed by atoms with E-state index in [1.807, 2.05) is 12.1 Å². The van der Waals surface area contributed by atoms with Crippen LogP contribution in [-0.2, 0) is 4.79 Å². The predicted octanol–water partition coefficient (Wildman–Crippen LogP) is 3.19. The Morgan fingerprint density at radius 1 is 1.23 bits per heavy atom. The first-order valence-electron chi connectivity index (χ1n) is 6.88. The lowest BCUT2D eigenvalue weighted by Crippen LogP contribution is -2.34. The van der Waals surface area contributed by atoms with Gasteiger partial charge in [-0.3, -0.25) is 9.59 Å². The van der Waals surface area contributed by atoms with Crippen LogP contribution in [0.25, 0.3) is 11.3 Å². The van der Waals surface area contributed by atoms with Crippen LogP contribution < -0.4 is 5.32 Å². The van der Waals surface area contributed by atoms with Crippen LogP contribution in [0.1, 0.15) is 23.4 Å². The molecule has 0 saturated heterocycles. The van der Waals surface area contributed by atoms with E-state index >= 15 is 0 Å².